The molecule has 0 radical (unpaired) electrons. The molecule has 0 N–H and O–H groups in total. The molecular weight excluding hydrogens is 250 g/mol. The highest BCUT2D eigenvalue weighted by Crippen LogP contribution is 2.43. The van der Waals surface area contributed by atoms with Crippen molar-refractivity contribution in [1.29, 1.82) is 0 Å². The first kappa shape index (κ1) is 11.3. The fraction of sp³-hybridized carbons (Fsp3) is 0.118. The van der Waals surface area contributed by atoms with Crippen molar-refractivity contribution in [3.8, 4) is 22.8 Å². The molecule has 2 heterocycles. The summed E-state index contributed by atoms with van der Waals surface area (Å²) in [5.41, 5.74) is 3.03. The van der Waals surface area contributed by atoms with Crippen molar-refractivity contribution < 1.29 is 9.47 Å². The fourth-order valence-electron chi connectivity index (χ4n) is 2.65. The minimum atomic E-state index is 0.274. The minimum absolute atomic E-state index is 0.274. The molecule has 0 atom stereocenters. The van der Waals surface area contributed by atoms with E-state index in [0.29, 0.717) is 0 Å². The van der Waals surface area contributed by atoms with E-state index in [-0.39, 0.29) is 6.79 Å². The molecule has 0 spiro atoms. The van der Waals surface area contributed by atoms with Gasteiger partial charge in [0.25, 0.3) is 0 Å². The Morgan fingerprint density at radius 1 is 1.00 bits per heavy atom. The van der Waals surface area contributed by atoms with E-state index in [4.69, 9.17) is 14.5 Å². The summed E-state index contributed by atoms with van der Waals surface area (Å²) in [6.07, 6.45) is 0. The molecule has 98 valence electrons. The highest BCUT2D eigenvalue weighted by molar-refractivity contribution is 6.01. The van der Waals surface area contributed by atoms with E-state index in [0.717, 1.165) is 39.2 Å². The number of nitrogens with zero attached hydrogens (tertiary/aromatic N) is 1. The molecule has 0 amide bonds. The second-order valence-electron chi connectivity index (χ2n) is 4.88. The van der Waals surface area contributed by atoms with Crippen LogP contribution < -0.4 is 9.47 Å². The van der Waals surface area contributed by atoms with Crippen LogP contribution in [0, 0.1) is 6.92 Å². The maximum atomic E-state index is 5.65. The minimum Gasteiger partial charge on any atom is -0.454 e. The van der Waals surface area contributed by atoms with Crippen LogP contribution in [0.3, 0.4) is 0 Å². The van der Waals surface area contributed by atoms with Crippen LogP contribution in [0.5, 0.6) is 11.5 Å². The molecule has 0 aliphatic carbocycles. The SMILES string of the molecule is Cc1cc2ccc3c(c2c(-c2ccccc2)n1)OCO3. The van der Waals surface area contributed by atoms with Gasteiger partial charge in [-0.3, -0.25) is 4.98 Å². The number of benzene rings is 2. The third-order valence-electron chi connectivity index (χ3n) is 3.51. The monoisotopic (exact) mass is 263 g/mol. The molecule has 3 aromatic rings. The zero-order chi connectivity index (χ0) is 13.5. The molecule has 0 saturated heterocycles. The van der Waals surface area contributed by atoms with Gasteiger partial charge in [0.15, 0.2) is 11.5 Å². The smallest absolute Gasteiger partial charge is 0.231 e. The lowest BCUT2D eigenvalue weighted by molar-refractivity contribution is 0.175. The van der Waals surface area contributed by atoms with E-state index in [2.05, 4.69) is 24.3 Å². The van der Waals surface area contributed by atoms with Crippen molar-refractivity contribution >= 4 is 10.8 Å². The molecule has 1 aliphatic rings. The lowest BCUT2D eigenvalue weighted by Gasteiger charge is -2.10. The van der Waals surface area contributed by atoms with Crippen LogP contribution in [0.2, 0.25) is 0 Å². The normalized spacial score (nSPS) is 12.8. The van der Waals surface area contributed by atoms with E-state index >= 15 is 0 Å². The van der Waals surface area contributed by atoms with Crippen molar-refractivity contribution in [3.63, 3.8) is 0 Å². The molecule has 0 saturated carbocycles. The number of rotatable bonds is 1. The summed E-state index contributed by atoms with van der Waals surface area (Å²) in [5, 5.41) is 2.15. The first-order valence-corrected chi connectivity index (χ1v) is 6.58. The Morgan fingerprint density at radius 2 is 1.85 bits per heavy atom. The Hall–Kier alpha value is -2.55. The summed E-state index contributed by atoms with van der Waals surface area (Å²) in [5.74, 6) is 1.59. The van der Waals surface area contributed by atoms with Gasteiger partial charge in [-0.15, -0.1) is 0 Å². The van der Waals surface area contributed by atoms with Crippen molar-refractivity contribution in [1.82, 2.24) is 4.98 Å². The molecule has 0 fully saturated rings. The van der Waals surface area contributed by atoms with E-state index in [1.54, 1.807) is 0 Å². The third kappa shape index (κ3) is 1.63. The molecule has 0 bridgehead atoms. The molecule has 4 rings (SSSR count). The van der Waals surface area contributed by atoms with Crippen LogP contribution >= 0.6 is 0 Å². The summed E-state index contributed by atoms with van der Waals surface area (Å²) >= 11 is 0. The van der Waals surface area contributed by atoms with E-state index < -0.39 is 0 Å². The van der Waals surface area contributed by atoms with Crippen LogP contribution in [0.25, 0.3) is 22.0 Å². The standard InChI is InChI=1S/C17H13NO2/c1-11-9-13-7-8-14-17(20-10-19-14)15(13)16(18-11)12-5-3-2-4-6-12/h2-9H,10H2,1H3. The number of aryl methyl sites for hydroxylation is 1. The predicted molar refractivity (Wildman–Crippen MR) is 78.0 cm³/mol. The van der Waals surface area contributed by atoms with Crippen LogP contribution in [0.15, 0.2) is 48.5 Å². The highest BCUT2D eigenvalue weighted by Gasteiger charge is 2.20. The maximum absolute atomic E-state index is 5.65. The van der Waals surface area contributed by atoms with Gasteiger partial charge in [-0.2, -0.15) is 0 Å². The molecule has 3 heteroatoms. The Kier molecular flexibility index (Phi) is 2.39. The lowest BCUT2D eigenvalue weighted by atomic mass is 10.0. The molecule has 0 unspecified atom stereocenters. The first-order chi connectivity index (χ1) is 9.83. The van der Waals surface area contributed by atoms with Gasteiger partial charge in [0.2, 0.25) is 6.79 Å². The van der Waals surface area contributed by atoms with Crippen LogP contribution in [-0.4, -0.2) is 11.8 Å². The Balaban J connectivity index is 2.12. The van der Waals surface area contributed by atoms with Gasteiger partial charge in [0.05, 0.1) is 11.1 Å². The average Bonchev–Trinajstić information content (AvgIpc) is 2.95. The van der Waals surface area contributed by atoms with Crippen molar-refractivity contribution in [2.24, 2.45) is 0 Å². The van der Waals surface area contributed by atoms with Gasteiger partial charge in [-0.1, -0.05) is 36.4 Å². The largest absolute Gasteiger partial charge is 0.454 e. The van der Waals surface area contributed by atoms with E-state index in [1.165, 1.54) is 0 Å². The average molecular weight is 263 g/mol. The highest BCUT2D eigenvalue weighted by atomic mass is 16.7. The summed E-state index contributed by atoms with van der Waals surface area (Å²) < 4.78 is 11.1. The van der Waals surface area contributed by atoms with E-state index in [9.17, 15) is 0 Å². The quantitative estimate of drug-likeness (QED) is 0.666. The van der Waals surface area contributed by atoms with Crippen molar-refractivity contribution in [2.75, 3.05) is 6.79 Å². The summed E-state index contributed by atoms with van der Waals surface area (Å²) in [6, 6.07) is 16.3. The topological polar surface area (TPSA) is 31.4 Å². The van der Waals surface area contributed by atoms with Gasteiger partial charge >= 0.3 is 0 Å². The summed E-state index contributed by atoms with van der Waals surface area (Å²) in [4.78, 5) is 4.71. The van der Waals surface area contributed by atoms with E-state index in [1.807, 2.05) is 31.2 Å². The first-order valence-electron chi connectivity index (χ1n) is 6.58. The Bertz CT molecular complexity index is 797. The predicted octanol–water partition coefficient (Wildman–Crippen LogP) is 3.94. The second-order valence-corrected chi connectivity index (χ2v) is 4.88. The van der Waals surface area contributed by atoms with Gasteiger partial charge in [-0.05, 0) is 24.4 Å². The number of pyridine rings is 1. The fourth-order valence-corrected chi connectivity index (χ4v) is 2.65. The van der Waals surface area contributed by atoms with Gasteiger partial charge in [-0.25, -0.2) is 0 Å². The van der Waals surface area contributed by atoms with Gasteiger partial charge in [0, 0.05) is 11.3 Å². The number of aromatic nitrogens is 1. The molecule has 2 aromatic carbocycles. The zero-order valence-electron chi connectivity index (χ0n) is 11.1. The molecule has 3 nitrogen and oxygen atoms in total. The van der Waals surface area contributed by atoms with Crippen molar-refractivity contribution in [2.45, 2.75) is 6.92 Å². The number of fused-ring (bicyclic) bond motifs is 3. The van der Waals surface area contributed by atoms with Gasteiger partial charge in [0.1, 0.15) is 0 Å². The number of hydrogen-bond donors (Lipinski definition) is 0. The van der Waals surface area contributed by atoms with Crippen LogP contribution in [-0.2, 0) is 0 Å². The number of ether oxygens (including phenoxy) is 2. The van der Waals surface area contributed by atoms with Crippen LogP contribution in [0.4, 0.5) is 0 Å². The summed E-state index contributed by atoms with van der Waals surface area (Å²) in [6.45, 7) is 2.28. The third-order valence-corrected chi connectivity index (χ3v) is 3.51. The molecule has 20 heavy (non-hydrogen) atoms. The molecule has 1 aromatic heterocycles. The lowest BCUT2D eigenvalue weighted by Crippen LogP contribution is -1.94. The molecule has 1 aliphatic heterocycles. The zero-order valence-corrected chi connectivity index (χ0v) is 11.1. The second kappa shape index (κ2) is 4.23. The molecular formula is C17H13NO2. The Labute approximate surface area is 116 Å². The Morgan fingerprint density at radius 3 is 2.70 bits per heavy atom. The maximum Gasteiger partial charge on any atom is 0.231 e. The van der Waals surface area contributed by atoms with Gasteiger partial charge < -0.3 is 9.47 Å². The summed E-state index contributed by atoms with van der Waals surface area (Å²) in [7, 11) is 0. The van der Waals surface area contributed by atoms with Crippen LogP contribution in [0.1, 0.15) is 5.69 Å². The number of hydrogen-bond acceptors (Lipinski definition) is 3. The van der Waals surface area contributed by atoms with Crippen molar-refractivity contribution in [3.05, 3.63) is 54.2 Å².